The molecule has 0 fully saturated rings. The Hall–Kier alpha value is -1.99. The normalized spacial score (nSPS) is 11.2. The quantitative estimate of drug-likeness (QED) is 0.840. The summed E-state index contributed by atoms with van der Waals surface area (Å²) in [5.41, 5.74) is 1.70. The zero-order valence-electron chi connectivity index (χ0n) is 11.1. The van der Waals surface area contributed by atoms with Crippen LogP contribution in [0, 0.1) is 0 Å². The fraction of sp³-hybridized carbons (Fsp3) is 0.231. The molecular formula is C13H16N4O2S. The van der Waals surface area contributed by atoms with E-state index in [-0.39, 0.29) is 4.90 Å². The predicted molar refractivity (Wildman–Crippen MR) is 76.7 cm³/mol. The first-order valence-corrected chi connectivity index (χ1v) is 7.68. The van der Waals surface area contributed by atoms with E-state index < -0.39 is 10.0 Å². The lowest BCUT2D eigenvalue weighted by Gasteiger charge is -2.08. The van der Waals surface area contributed by atoms with Crippen LogP contribution in [0.3, 0.4) is 0 Å². The van der Waals surface area contributed by atoms with E-state index in [4.69, 9.17) is 0 Å². The highest BCUT2D eigenvalue weighted by Crippen LogP contribution is 2.14. The Morgan fingerprint density at radius 3 is 2.50 bits per heavy atom. The lowest BCUT2D eigenvalue weighted by molar-refractivity contribution is 0.584. The van der Waals surface area contributed by atoms with Crippen molar-refractivity contribution in [2.24, 2.45) is 0 Å². The number of sulfonamides is 1. The zero-order valence-corrected chi connectivity index (χ0v) is 11.9. The Morgan fingerprint density at radius 1 is 1.15 bits per heavy atom. The monoisotopic (exact) mass is 292 g/mol. The third-order valence-electron chi connectivity index (χ3n) is 2.62. The molecule has 0 spiro atoms. The molecule has 0 radical (unpaired) electrons. The number of benzene rings is 1. The van der Waals surface area contributed by atoms with Crippen molar-refractivity contribution in [3.8, 4) is 0 Å². The number of hydrogen-bond donors (Lipinski definition) is 2. The first-order valence-electron chi connectivity index (χ1n) is 6.20. The molecule has 2 aromatic rings. The summed E-state index contributed by atoms with van der Waals surface area (Å²) >= 11 is 0. The van der Waals surface area contributed by atoms with Crippen LogP contribution >= 0.6 is 0 Å². The molecular weight excluding hydrogens is 276 g/mol. The highest BCUT2D eigenvalue weighted by molar-refractivity contribution is 7.89. The number of hydrogen-bond acceptors (Lipinski definition) is 5. The molecule has 1 heterocycles. The maximum absolute atomic E-state index is 11.8. The van der Waals surface area contributed by atoms with Gasteiger partial charge in [-0.25, -0.2) is 23.1 Å². The SMILES string of the molecule is CCNS(=O)(=O)c1ccc(NCc2ccncn2)cc1. The maximum atomic E-state index is 11.8. The Balaban J connectivity index is 2.02. The van der Waals surface area contributed by atoms with Crippen LogP contribution in [0.25, 0.3) is 0 Å². The highest BCUT2D eigenvalue weighted by Gasteiger charge is 2.11. The van der Waals surface area contributed by atoms with Gasteiger partial charge in [0.25, 0.3) is 0 Å². The molecule has 0 aliphatic rings. The van der Waals surface area contributed by atoms with Crippen LogP contribution in [-0.2, 0) is 16.6 Å². The van der Waals surface area contributed by atoms with Gasteiger partial charge in [0.15, 0.2) is 0 Å². The number of anilines is 1. The zero-order chi connectivity index (χ0) is 14.4. The molecule has 0 saturated heterocycles. The van der Waals surface area contributed by atoms with Gasteiger partial charge >= 0.3 is 0 Å². The molecule has 0 unspecified atom stereocenters. The van der Waals surface area contributed by atoms with Gasteiger partial charge in [0.2, 0.25) is 10.0 Å². The number of rotatable bonds is 6. The molecule has 2 N–H and O–H groups in total. The van der Waals surface area contributed by atoms with Gasteiger partial charge in [0.1, 0.15) is 6.33 Å². The summed E-state index contributed by atoms with van der Waals surface area (Å²) in [7, 11) is -3.39. The molecule has 0 saturated carbocycles. The lowest BCUT2D eigenvalue weighted by atomic mass is 10.3. The van der Waals surface area contributed by atoms with Gasteiger partial charge in [-0.1, -0.05) is 6.92 Å². The summed E-state index contributed by atoms with van der Waals surface area (Å²) in [6, 6.07) is 8.41. The van der Waals surface area contributed by atoms with Crippen LogP contribution in [-0.4, -0.2) is 24.9 Å². The molecule has 0 atom stereocenters. The topological polar surface area (TPSA) is 84.0 Å². The van der Waals surface area contributed by atoms with E-state index in [1.807, 2.05) is 6.07 Å². The van der Waals surface area contributed by atoms with Crippen LogP contribution in [0.1, 0.15) is 12.6 Å². The molecule has 0 aliphatic heterocycles. The third kappa shape index (κ3) is 3.75. The van der Waals surface area contributed by atoms with Crippen molar-refractivity contribution in [3.63, 3.8) is 0 Å². The standard InChI is InChI=1S/C13H16N4O2S/c1-2-17-20(18,19)13-5-3-11(4-6-13)15-9-12-7-8-14-10-16-12/h3-8,10,15,17H,2,9H2,1H3. The summed E-state index contributed by atoms with van der Waals surface area (Å²) in [6.07, 6.45) is 3.17. The maximum Gasteiger partial charge on any atom is 0.240 e. The Morgan fingerprint density at radius 2 is 1.90 bits per heavy atom. The van der Waals surface area contributed by atoms with Crippen LogP contribution in [0.2, 0.25) is 0 Å². The second kappa shape index (κ2) is 6.44. The van der Waals surface area contributed by atoms with Gasteiger partial charge in [-0.2, -0.15) is 0 Å². The molecule has 0 aliphatic carbocycles. The minimum Gasteiger partial charge on any atom is -0.379 e. The van der Waals surface area contributed by atoms with Gasteiger partial charge in [-0.15, -0.1) is 0 Å². The third-order valence-corrected chi connectivity index (χ3v) is 4.18. The molecule has 2 rings (SSSR count). The number of nitrogens with zero attached hydrogens (tertiary/aromatic N) is 2. The molecule has 7 heteroatoms. The van der Waals surface area contributed by atoms with Crippen molar-refractivity contribution >= 4 is 15.7 Å². The lowest BCUT2D eigenvalue weighted by Crippen LogP contribution is -2.23. The number of aromatic nitrogens is 2. The van der Waals surface area contributed by atoms with E-state index in [1.165, 1.54) is 6.33 Å². The van der Waals surface area contributed by atoms with Gasteiger partial charge in [0.05, 0.1) is 17.1 Å². The van der Waals surface area contributed by atoms with Crippen molar-refractivity contribution in [2.45, 2.75) is 18.4 Å². The molecule has 0 amide bonds. The predicted octanol–water partition coefficient (Wildman–Crippen LogP) is 1.39. The highest BCUT2D eigenvalue weighted by atomic mass is 32.2. The smallest absolute Gasteiger partial charge is 0.240 e. The second-order valence-electron chi connectivity index (χ2n) is 4.08. The summed E-state index contributed by atoms with van der Waals surface area (Å²) in [6.45, 7) is 2.67. The van der Waals surface area contributed by atoms with E-state index in [1.54, 1.807) is 37.4 Å². The Kier molecular flexibility index (Phi) is 4.65. The Labute approximate surface area is 118 Å². The van der Waals surface area contributed by atoms with E-state index in [9.17, 15) is 8.42 Å². The fourth-order valence-corrected chi connectivity index (χ4v) is 2.68. The molecule has 6 nitrogen and oxygen atoms in total. The molecule has 1 aromatic heterocycles. The van der Waals surface area contributed by atoms with Crippen LogP contribution in [0.15, 0.2) is 47.8 Å². The van der Waals surface area contributed by atoms with E-state index in [2.05, 4.69) is 20.0 Å². The summed E-state index contributed by atoms with van der Waals surface area (Å²) < 4.78 is 26.0. The van der Waals surface area contributed by atoms with Gasteiger partial charge in [-0.3, -0.25) is 0 Å². The average molecular weight is 292 g/mol. The van der Waals surface area contributed by atoms with Crippen molar-refractivity contribution in [3.05, 3.63) is 48.5 Å². The summed E-state index contributed by atoms with van der Waals surface area (Å²) in [4.78, 5) is 8.20. The number of nitrogens with one attached hydrogen (secondary N) is 2. The van der Waals surface area contributed by atoms with Crippen molar-refractivity contribution in [2.75, 3.05) is 11.9 Å². The second-order valence-corrected chi connectivity index (χ2v) is 5.85. The van der Waals surface area contributed by atoms with Gasteiger partial charge in [-0.05, 0) is 30.3 Å². The largest absolute Gasteiger partial charge is 0.379 e. The Bertz CT molecular complexity index is 642. The molecule has 0 bridgehead atoms. The minimum absolute atomic E-state index is 0.256. The van der Waals surface area contributed by atoms with E-state index in [0.717, 1.165) is 11.4 Å². The summed E-state index contributed by atoms with van der Waals surface area (Å²) in [5.74, 6) is 0. The van der Waals surface area contributed by atoms with Gasteiger partial charge < -0.3 is 5.32 Å². The first-order chi connectivity index (χ1) is 9.62. The van der Waals surface area contributed by atoms with E-state index in [0.29, 0.717) is 13.1 Å². The minimum atomic E-state index is -3.39. The van der Waals surface area contributed by atoms with Crippen molar-refractivity contribution < 1.29 is 8.42 Å². The van der Waals surface area contributed by atoms with Crippen LogP contribution in [0.5, 0.6) is 0 Å². The fourth-order valence-electron chi connectivity index (χ4n) is 1.64. The average Bonchev–Trinajstić information content (AvgIpc) is 2.47. The van der Waals surface area contributed by atoms with Gasteiger partial charge in [0, 0.05) is 18.4 Å². The molecule has 106 valence electrons. The first kappa shape index (κ1) is 14.4. The van der Waals surface area contributed by atoms with Crippen molar-refractivity contribution in [1.29, 1.82) is 0 Å². The van der Waals surface area contributed by atoms with Crippen LogP contribution < -0.4 is 10.0 Å². The van der Waals surface area contributed by atoms with E-state index >= 15 is 0 Å². The van der Waals surface area contributed by atoms with Crippen LogP contribution in [0.4, 0.5) is 5.69 Å². The van der Waals surface area contributed by atoms with Crippen molar-refractivity contribution in [1.82, 2.24) is 14.7 Å². The molecule has 20 heavy (non-hydrogen) atoms. The summed E-state index contributed by atoms with van der Waals surface area (Å²) in [5, 5.41) is 3.17. The molecule has 1 aromatic carbocycles.